The standard InChI is InChI=1S/C25H18NO.C14H15FGeN.Ir/c1-17(18-8-3-2-4-9-18)19-14-15-26-23(16-19)22-12-7-11-21-20-10-5-6-13-24(20)27-25(21)22;1-16(2,3)13-8-9-14(17-10-13)11-4-6-12(15)7-5-11;/h2-11,13-17H,1H3;4,6-10H,1-3H3;/q2*-1;/i17D;;. The Kier molecular flexibility index (Phi) is 9.70. The van der Waals surface area contributed by atoms with Crippen LogP contribution in [0.4, 0.5) is 4.39 Å². The van der Waals surface area contributed by atoms with E-state index in [1.165, 1.54) is 16.5 Å². The van der Waals surface area contributed by atoms with E-state index in [2.05, 4.69) is 51.5 Å². The predicted octanol–water partition coefficient (Wildman–Crippen LogP) is 9.83. The van der Waals surface area contributed by atoms with Crippen LogP contribution in [0.2, 0.25) is 17.3 Å². The fourth-order valence-corrected chi connectivity index (χ4v) is 7.27. The van der Waals surface area contributed by atoms with E-state index in [0.717, 1.165) is 55.6 Å². The molecule has 4 aromatic carbocycles. The van der Waals surface area contributed by atoms with Gasteiger partial charge in [-0.2, -0.15) is 0 Å². The molecule has 3 heterocycles. The van der Waals surface area contributed by atoms with Gasteiger partial charge in [0.2, 0.25) is 0 Å². The number of rotatable bonds is 5. The molecule has 1 unspecified atom stereocenters. The molecule has 0 N–H and O–H groups in total. The van der Waals surface area contributed by atoms with Crippen LogP contribution in [0.15, 0.2) is 126 Å². The minimum atomic E-state index is -1.79. The van der Waals surface area contributed by atoms with Crippen molar-refractivity contribution < 1.29 is 30.3 Å². The average Bonchev–Trinajstić information content (AvgIpc) is 3.45. The van der Waals surface area contributed by atoms with Crippen molar-refractivity contribution in [2.24, 2.45) is 0 Å². The molecule has 0 fully saturated rings. The maximum Gasteiger partial charge on any atom is 0 e. The molecule has 0 aliphatic heterocycles. The van der Waals surface area contributed by atoms with Crippen molar-refractivity contribution in [2.45, 2.75) is 30.1 Å². The van der Waals surface area contributed by atoms with Gasteiger partial charge in [-0.1, -0.05) is 72.5 Å². The Morgan fingerprint density at radius 2 is 1.58 bits per heavy atom. The van der Waals surface area contributed by atoms with Gasteiger partial charge in [0, 0.05) is 39.0 Å². The van der Waals surface area contributed by atoms with Crippen molar-refractivity contribution >= 4 is 39.6 Å². The maximum atomic E-state index is 12.8. The van der Waals surface area contributed by atoms with E-state index < -0.39 is 19.2 Å². The summed E-state index contributed by atoms with van der Waals surface area (Å²) in [5, 5.41) is 2.13. The molecule has 227 valence electrons. The molecule has 0 aliphatic carbocycles. The third-order valence-corrected chi connectivity index (χ3v) is 11.9. The van der Waals surface area contributed by atoms with Crippen LogP contribution in [0, 0.1) is 17.9 Å². The molecule has 0 amide bonds. The molecule has 0 saturated heterocycles. The van der Waals surface area contributed by atoms with Crippen molar-refractivity contribution in [1.82, 2.24) is 9.97 Å². The number of halogens is 1. The van der Waals surface area contributed by atoms with E-state index in [0.29, 0.717) is 0 Å². The van der Waals surface area contributed by atoms with E-state index in [-0.39, 0.29) is 25.9 Å². The first-order valence-corrected chi connectivity index (χ1v) is 21.9. The second kappa shape index (κ2) is 14.0. The Morgan fingerprint density at radius 1 is 0.800 bits per heavy atom. The summed E-state index contributed by atoms with van der Waals surface area (Å²) in [6, 6.07) is 40.5. The van der Waals surface area contributed by atoms with Crippen LogP contribution in [0.3, 0.4) is 0 Å². The van der Waals surface area contributed by atoms with E-state index >= 15 is 0 Å². The number of pyridine rings is 2. The van der Waals surface area contributed by atoms with Gasteiger partial charge in [-0.15, -0.1) is 18.2 Å². The molecule has 3 aromatic heterocycles. The second-order valence-electron chi connectivity index (χ2n) is 11.7. The molecule has 6 heteroatoms. The number of furan rings is 1. The van der Waals surface area contributed by atoms with E-state index in [4.69, 9.17) is 5.79 Å². The fraction of sp³-hybridized carbons (Fsp3) is 0.128. The van der Waals surface area contributed by atoms with Crippen molar-refractivity contribution in [3.8, 4) is 22.5 Å². The van der Waals surface area contributed by atoms with Crippen molar-refractivity contribution in [3.05, 3.63) is 151 Å². The van der Waals surface area contributed by atoms with Crippen LogP contribution >= 0.6 is 0 Å². The Morgan fingerprint density at radius 3 is 2.29 bits per heavy atom. The van der Waals surface area contributed by atoms with Gasteiger partial charge in [0.1, 0.15) is 5.58 Å². The summed E-state index contributed by atoms with van der Waals surface area (Å²) in [7, 11) is 0. The quantitative estimate of drug-likeness (QED) is 0.128. The van der Waals surface area contributed by atoms with Gasteiger partial charge in [0.25, 0.3) is 0 Å². The number of fused-ring (bicyclic) bond motifs is 3. The number of para-hydroxylation sites is 1. The zero-order valence-electron chi connectivity index (χ0n) is 26.6. The summed E-state index contributed by atoms with van der Waals surface area (Å²) in [5.41, 5.74) is 6.71. The minimum absolute atomic E-state index is 0. The van der Waals surface area contributed by atoms with Crippen LogP contribution in [0.1, 0.15) is 25.3 Å². The van der Waals surface area contributed by atoms with E-state index in [1.807, 2.05) is 92.0 Å². The molecule has 1 radical (unpaired) electrons. The zero-order chi connectivity index (χ0) is 31.6. The molecule has 1 atom stereocenters. The Balaban J connectivity index is 0.000000200. The molecule has 0 bridgehead atoms. The summed E-state index contributed by atoms with van der Waals surface area (Å²) in [6.45, 7) is 1.91. The smallest absolute Gasteiger partial charge is 0 e. The van der Waals surface area contributed by atoms with Crippen molar-refractivity contribution in [3.63, 3.8) is 0 Å². The molecule has 0 saturated carbocycles. The average molecular weight is 831 g/mol. The van der Waals surface area contributed by atoms with E-state index in [9.17, 15) is 4.39 Å². The first-order valence-electron chi connectivity index (χ1n) is 15.1. The van der Waals surface area contributed by atoms with Gasteiger partial charge < -0.3 is 9.40 Å². The predicted molar refractivity (Wildman–Crippen MR) is 181 cm³/mol. The molecule has 7 aromatic rings. The van der Waals surface area contributed by atoms with Gasteiger partial charge in [0.05, 0.1) is 5.58 Å². The Bertz CT molecular complexity index is 2070. The van der Waals surface area contributed by atoms with Gasteiger partial charge in [-0.25, -0.2) is 0 Å². The monoisotopic (exact) mass is 832 g/mol. The summed E-state index contributed by atoms with van der Waals surface area (Å²) in [4.78, 5) is 9.00. The van der Waals surface area contributed by atoms with Crippen LogP contribution in [-0.4, -0.2) is 23.2 Å². The third-order valence-electron chi connectivity index (χ3n) is 7.67. The molecular formula is C39H33FGeIrN2O-2. The van der Waals surface area contributed by atoms with E-state index in [1.54, 1.807) is 12.3 Å². The molecule has 0 spiro atoms. The SMILES string of the molecule is [2H]C(C)(c1ccccc1)c1ccnc(-c2[c-]ccc3c2oc2ccccc23)c1.[CH3][Ge]([CH3])([CH3])[c]1ccc(-c2[c-]cc(F)cc2)nc1.[Ir]. The summed E-state index contributed by atoms with van der Waals surface area (Å²) < 4.78 is 29.2. The van der Waals surface area contributed by atoms with Crippen LogP contribution in [0.25, 0.3) is 44.5 Å². The van der Waals surface area contributed by atoms with Crippen LogP contribution in [-0.2, 0) is 20.1 Å². The summed E-state index contributed by atoms with van der Waals surface area (Å²) in [6.07, 6.45) is 3.71. The first-order chi connectivity index (χ1) is 21.6. The Labute approximate surface area is 281 Å². The second-order valence-corrected chi connectivity index (χ2v) is 22.4. The molecule has 7 rings (SSSR count). The van der Waals surface area contributed by atoms with Gasteiger partial charge >= 0.3 is 104 Å². The van der Waals surface area contributed by atoms with Gasteiger partial charge in [-0.3, -0.25) is 0 Å². The molecular weight excluding hydrogens is 796 g/mol. The molecule has 3 nitrogen and oxygen atoms in total. The third kappa shape index (κ3) is 7.33. The summed E-state index contributed by atoms with van der Waals surface area (Å²) in [5.74, 6) is 5.86. The Hall–Kier alpha value is -3.90. The maximum absolute atomic E-state index is 12.8. The number of nitrogens with zero attached hydrogens (tertiary/aromatic N) is 2. The van der Waals surface area contributed by atoms with Gasteiger partial charge in [-0.05, 0) is 29.0 Å². The molecule has 45 heavy (non-hydrogen) atoms. The first kappa shape index (κ1) is 31.1. The number of hydrogen-bond acceptors (Lipinski definition) is 3. The fourth-order valence-electron chi connectivity index (χ4n) is 5.10. The summed E-state index contributed by atoms with van der Waals surface area (Å²) >= 11 is -1.79. The topological polar surface area (TPSA) is 38.9 Å². The normalized spacial score (nSPS) is 12.9. The number of aromatic nitrogens is 2. The zero-order valence-corrected chi connectivity index (χ0v) is 30.1. The minimum Gasteiger partial charge on any atom is 0 e. The number of benzene rings is 4. The van der Waals surface area contributed by atoms with Crippen LogP contribution in [0.5, 0.6) is 0 Å². The van der Waals surface area contributed by atoms with Crippen molar-refractivity contribution in [1.29, 1.82) is 0 Å². The largest absolute Gasteiger partial charge is 0 e. The number of hydrogen-bond donors (Lipinski definition) is 0. The molecule has 0 aliphatic rings. The van der Waals surface area contributed by atoms with Crippen molar-refractivity contribution in [2.75, 3.05) is 0 Å². The van der Waals surface area contributed by atoms with Gasteiger partial charge in [0.15, 0.2) is 0 Å². The van der Waals surface area contributed by atoms with Crippen LogP contribution < -0.4 is 4.40 Å².